The molecule has 29 heavy (non-hydrogen) atoms. The van der Waals surface area contributed by atoms with Gasteiger partial charge in [0.05, 0.1) is 11.9 Å². The van der Waals surface area contributed by atoms with Crippen LogP contribution in [0.15, 0.2) is 88.3 Å². The van der Waals surface area contributed by atoms with Gasteiger partial charge >= 0.3 is 0 Å². The molecule has 5 heteroatoms. The largest absolute Gasteiger partial charge is 0.460 e. The summed E-state index contributed by atoms with van der Waals surface area (Å²) >= 11 is 0. The second-order valence-corrected chi connectivity index (χ2v) is 6.91. The van der Waals surface area contributed by atoms with Gasteiger partial charge in [0.1, 0.15) is 22.6 Å². The van der Waals surface area contributed by atoms with E-state index in [-0.39, 0.29) is 0 Å². The van der Waals surface area contributed by atoms with Crippen LogP contribution in [0.4, 0.5) is 11.4 Å². The van der Waals surface area contributed by atoms with Gasteiger partial charge in [-0.3, -0.25) is 4.99 Å². The van der Waals surface area contributed by atoms with Gasteiger partial charge in [0.25, 0.3) is 0 Å². The number of hydrogen-bond donors (Lipinski definition) is 1. The van der Waals surface area contributed by atoms with E-state index in [9.17, 15) is 0 Å². The number of hydrogen-bond acceptors (Lipinski definition) is 4. The molecule has 2 N–H and O–H groups in total. The zero-order chi connectivity index (χ0) is 19.8. The number of nitrogen functional groups attached to an aromatic ring is 1. The standard InChI is InChI=1S/C24H18N4O/c1-16-7-10-20(29-16)15-26-18-9-12-22-24(14-18)28(19-5-3-2-4-6-19)23-13-17(25)8-11-21(23)27-22/h2-15,25H,1H3/p+1. The Kier molecular flexibility index (Phi) is 4.06. The fraction of sp³-hybridized carbons (Fsp3) is 0.0417. The predicted octanol–water partition coefficient (Wildman–Crippen LogP) is 4.90. The van der Waals surface area contributed by atoms with Crippen LogP contribution < -0.4 is 10.3 Å². The van der Waals surface area contributed by atoms with Crippen LogP contribution in [0.3, 0.4) is 0 Å². The van der Waals surface area contributed by atoms with E-state index in [0.29, 0.717) is 5.69 Å². The molecule has 0 spiro atoms. The van der Waals surface area contributed by atoms with Crippen LogP contribution in [-0.2, 0) is 0 Å². The van der Waals surface area contributed by atoms with Crippen molar-refractivity contribution in [3.8, 4) is 5.69 Å². The average molecular weight is 379 g/mol. The number of aliphatic imine (C=N–C) groups is 1. The molecule has 5 nitrogen and oxygen atoms in total. The topological polar surface area (TPSA) is 68.3 Å². The Hall–Kier alpha value is -3.99. The molecule has 5 rings (SSSR count). The van der Waals surface area contributed by atoms with E-state index in [2.05, 4.69) is 21.7 Å². The van der Waals surface area contributed by atoms with Gasteiger partial charge in [0, 0.05) is 30.0 Å². The quantitative estimate of drug-likeness (QED) is 0.210. The van der Waals surface area contributed by atoms with Crippen molar-refractivity contribution in [2.45, 2.75) is 6.92 Å². The fourth-order valence-electron chi connectivity index (χ4n) is 3.46. The molecule has 0 unspecified atom stereocenters. The summed E-state index contributed by atoms with van der Waals surface area (Å²) in [7, 11) is 0. The summed E-state index contributed by atoms with van der Waals surface area (Å²) in [5.41, 5.74) is 12.3. The maximum absolute atomic E-state index is 6.08. The molecule has 5 aromatic rings. The molecule has 0 atom stereocenters. The van der Waals surface area contributed by atoms with E-state index >= 15 is 0 Å². The summed E-state index contributed by atoms with van der Waals surface area (Å²) in [4.78, 5) is 9.41. The number of aromatic nitrogens is 2. The van der Waals surface area contributed by atoms with E-state index in [1.807, 2.05) is 73.7 Å². The summed E-state index contributed by atoms with van der Waals surface area (Å²) in [6.07, 6.45) is 1.73. The van der Waals surface area contributed by atoms with Gasteiger partial charge in [-0.1, -0.05) is 18.2 Å². The molecule has 0 saturated heterocycles. The van der Waals surface area contributed by atoms with E-state index in [0.717, 1.165) is 45.0 Å². The molecule has 0 aliphatic rings. The van der Waals surface area contributed by atoms with Crippen molar-refractivity contribution < 1.29 is 8.98 Å². The lowest BCUT2D eigenvalue weighted by Gasteiger charge is -2.06. The molecule has 0 fully saturated rings. The lowest BCUT2D eigenvalue weighted by atomic mass is 10.2. The molecule has 0 amide bonds. The Morgan fingerprint density at radius 1 is 0.897 bits per heavy atom. The van der Waals surface area contributed by atoms with E-state index < -0.39 is 0 Å². The summed E-state index contributed by atoms with van der Waals surface area (Å²) < 4.78 is 7.75. The molecule has 0 saturated carbocycles. The molecule has 3 aromatic carbocycles. The number of benzene rings is 3. The van der Waals surface area contributed by atoms with Crippen molar-refractivity contribution in [2.24, 2.45) is 4.99 Å². The van der Waals surface area contributed by atoms with Crippen LogP contribution in [0.1, 0.15) is 11.5 Å². The Bertz CT molecular complexity index is 1370. The van der Waals surface area contributed by atoms with Gasteiger partial charge in [0.15, 0.2) is 0 Å². The van der Waals surface area contributed by atoms with Crippen molar-refractivity contribution in [1.29, 1.82) is 0 Å². The molecule has 0 bridgehead atoms. The van der Waals surface area contributed by atoms with E-state index in [4.69, 9.17) is 15.1 Å². The molecule has 0 aliphatic carbocycles. The highest BCUT2D eigenvalue weighted by Gasteiger charge is 2.19. The number of nitrogens with two attached hydrogens (primary N) is 1. The lowest BCUT2D eigenvalue weighted by molar-refractivity contribution is -0.538. The Morgan fingerprint density at radius 3 is 2.41 bits per heavy atom. The first-order chi connectivity index (χ1) is 14.2. The highest BCUT2D eigenvalue weighted by Crippen LogP contribution is 2.23. The minimum Gasteiger partial charge on any atom is -0.460 e. The monoisotopic (exact) mass is 379 g/mol. The number of para-hydroxylation sites is 1. The Morgan fingerprint density at radius 2 is 1.66 bits per heavy atom. The summed E-state index contributed by atoms with van der Waals surface area (Å²) in [6, 6.07) is 25.8. The van der Waals surface area contributed by atoms with Gasteiger partial charge in [0.2, 0.25) is 16.7 Å². The third kappa shape index (κ3) is 3.23. The zero-order valence-corrected chi connectivity index (χ0v) is 15.9. The highest BCUT2D eigenvalue weighted by atomic mass is 16.3. The maximum Gasteiger partial charge on any atom is 0.239 e. The smallest absolute Gasteiger partial charge is 0.239 e. The first-order valence-corrected chi connectivity index (χ1v) is 9.38. The minimum absolute atomic E-state index is 0.700. The number of anilines is 1. The van der Waals surface area contributed by atoms with Gasteiger partial charge in [-0.15, -0.1) is 4.57 Å². The van der Waals surface area contributed by atoms with Crippen molar-refractivity contribution in [3.63, 3.8) is 0 Å². The first-order valence-electron chi connectivity index (χ1n) is 9.38. The third-order valence-corrected chi connectivity index (χ3v) is 4.80. The number of fused-ring (bicyclic) bond motifs is 2. The van der Waals surface area contributed by atoms with Gasteiger partial charge in [-0.05, 0) is 43.3 Å². The molecule has 2 heterocycles. The van der Waals surface area contributed by atoms with E-state index in [1.165, 1.54) is 0 Å². The summed E-state index contributed by atoms with van der Waals surface area (Å²) in [5.74, 6) is 1.59. The molecular formula is C24H19N4O+. The van der Waals surface area contributed by atoms with Crippen molar-refractivity contribution in [2.75, 3.05) is 5.73 Å². The van der Waals surface area contributed by atoms with Crippen molar-refractivity contribution in [1.82, 2.24) is 4.98 Å². The minimum atomic E-state index is 0.700. The number of nitrogens with zero attached hydrogens (tertiary/aromatic N) is 3. The number of aryl methyl sites for hydroxylation is 1. The van der Waals surface area contributed by atoms with Crippen LogP contribution in [0.25, 0.3) is 27.8 Å². The van der Waals surface area contributed by atoms with Gasteiger partial charge < -0.3 is 10.2 Å². The SMILES string of the molecule is Cc1ccc(C=Nc2ccc3nc4ccc(N)cc4[n+](-c4ccccc4)c3c2)o1. The van der Waals surface area contributed by atoms with Crippen LogP contribution >= 0.6 is 0 Å². The number of furan rings is 1. The molecule has 2 aromatic heterocycles. The van der Waals surface area contributed by atoms with E-state index in [1.54, 1.807) is 6.21 Å². The van der Waals surface area contributed by atoms with Crippen LogP contribution in [-0.4, -0.2) is 11.2 Å². The van der Waals surface area contributed by atoms with Crippen LogP contribution in [0.2, 0.25) is 0 Å². The van der Waals surface area contributed by atoms with Gasteiger partial charge in [-0.25, -0.2) is 4.98 Å². The lowest BCUT2D eigenvalue weighted by Crippen LogP contribution is -2.33. The average Bonchev–Trinajstić information content (AvgIpc) is 3.16. The number of rotatable bonds is 3. The highest BCUT2D eigenvalue weighted by molar-refractivity contribution is 5.86. The van der Waals surface area contributed by atoms with Crippen LogP contribution in [0.5, 0.6) is 0 Å². The fourth-order valence-corrected chi connectivity index (χ4v) is 3.46. The van der Waals surface area contributed by atoms with Crippen molar-refractivity contribution >= 4 is 39.7 Å². The molecule has 140 valence electrons. The zero-order valence-electron chi connectivity index (χ0n) is 15.9. The molecule has 0 aliphatic heterocycles. The third-order valence-electron chi connectivity index (χ3n) is 4.80. The molecule has 0 radical (unpaired) electrons. The summed E-state index contributed by atoms with van der Waals surface area (Å²) in [6.45, 7) is 1.92. The maximum atomic E-state index is 6.08. The Labute approximate surface area is 167 Å². The van der Waals surface area contributed by atoms with Gasteiger partial charge in [-0.2, -0.15) is 0 Å². The normalized spacial score (nSPS) is 11.6. The first kappa shape index (κ1) is 17.1. The Balaban J connectivity index is 1.75. The van der Waals surface area contributed by atoms with Crippen molar-refractivity contribution in [3.05, 3.63) is 90.4 Å². The second-order valence-electron chi connectivity index (χ2n) is 6.91. The van der Waals surface area contributed by atoms with Crippen LogP contribution in [0, 0.1) is 6.92 Å². The summed E-state index contributed by atoms with van der Waals surface area (Å²) in [5, 5.41) is 0. The predicted molar refractivity (Wildman–Crippen MR) is 116 cm³/mol. The second kappa shape index (κ2) is 6.87. The molecular weight excluding hydrogens is 360 g/mol.